The quantitative estimate of drug-likeness (QED) is 0.828. The molecule has 0 saturated carbocycles. The van der Waals surface area contributed by atoms with Crippen LogP contribution in [0.3, 0.4) is 0 Å². The Morgan fingerprint density at radius 1 is 1.44 bits per heavy atom. The summed E-state index contributed by atoms with van der Waals surface area (Å²) >= 11 is 3.43. The van der Waals surface area contributed by atoms with E-state index in [0.29, 0.717) is 5.92 Å². The zero-order valence-corrected chi connectivity index (χ0v) is 11.6. The maximum absolute atomic E-state index is 5.68. The van der Waals surface area contributed by atoms with Gasteiger partial charge in [0.1, 0.15) is 5.75 Å². The van der Waals surface area contributed by atoms with Gasteiger partial charge in [-0.2, -0.15) is 0 Å². The smallest absolute Gasteiger partial charge is 0.120 e. The summed E-state index contributed by atoms with van der Waals surface area (Å²) in [5.74, 6) is 1.59. The number of benzene rings is 1. The third-order valence-corrected chi connectivity index (χ3v) is 2.91. The highest BCUT2D eigenvalue weighted by atomic mass is 79.9. The molecular weight excluding hydrogens is 266 g/mol. The first-order valence-corrected chi connectivity index (χ1v) is 6.60. The van der Waals surface area contributed by atoms with Gasteiger partial charge in [-0.05, 0) is 43.6 Å². The third-order valence-electron chi connectivity index (χ3n) is 2.42. The largest absolute Gasteiger partial charge is 0.494 e. The zero-order chi connectivity index (χ0) is 11.8. The normalized spacial score (nSPS) is 12.4. The molecule has 90 valence electrons. The molecule has 0 amide bonds. The van der Waals surface area contributed by atoms with Crippen molar-refractivity contribution in [2.75, 3.05) is 19.7 Å². The van der Waals surface area contributed by atoms with Crippen LogP contribution in [0.5, 0.6) is 5.75 Å². The van der Waals surface area contributed by atoms with E-state index in [9.17, 15) is 0 Å². The highest BCUT2D eigenvalue weighted by molar-refractivity contribution is 9.10. The van der Waals surface area contributed by atoms with Crippen molar-refractivity contribution in [3.05, 3.63) is 28.7 Å². The van der Waals surface area contributed by atoms with Crippen molar-refractivity contribution >= 4 is 15.9 Å². The van der Waals surface area contributed by atoms with Crippen molar-refractivity contribution in [3.63, 3.8) is 0 Å². The molecule has 0 radical (unpaired) electrons. The van der Waals surface area contributed by atoms with Gasteiger partial charge in [-0.15, -0.1) is 0 Å². The van der Waals surface area contributed by atoms with Gasteiger partial charge in [0.05, 0.1) is 6.61 Å². The number of hydrogen-bond acceptors (Lipinski definition) is 2. The van der Waals surface area contributed by atoms with Gasteiger partial charge in [0.2, 0.25) is 0 Å². The van der Waals surface area contributed by atoms with Crippen molar-refractivity contribution in [1.29, 1.82) is 0 Å². The van der Waals surface area contributed by atoms with Gasteiger partial charge in [0.25, 0.3) is 0 Å². The predicted octanol–water partition coefficient (Wildman–Crippen LogP) is 3.46. The SMILES string of the molecule is CCNCC(C)CCOc1cccc(Br)c1. The average Bonchev–Trinajstić information content (AvgIpc) is 2.26. The maximum Gasteiger partial charge on any atom is 0.120 e. The van der Waals surface area contributed by atoms with E-state index in [4.69, 9.17) is 4.74 Å². The fraction of sp³-hybridized carbons (Fsp3) is 0.538. The van der Waals surface area contributed by atoms with Gasteiger partial charge >= 0.3 is 0 Å². The van der Waals surface area contributed by atoms with Crippen LogP contribution in [0.2, 0.25) is 0 Å². The number of halogens is 1. The fourth-order valence-corrected chi connectivity index (χ4v) is 1.81. The summed E-state index contributed by atoms with van der Waals surface area (Å²) in [6, 6.07) is 7.97. The average molecular weight is 286 g/mol. The molecule has 0 saturated heterocycles. The summed E-state index contributed by atoms with van der Waals surface area (Å²) in [7, 11) is 0. The van der Waals surface area contributed by atoms with E-state index < -0.39 is 0 Å². The second-order valence-corrected chi connectivity index (χ2v) is 4.92. The van der Waals surface area contributed by atoms with Gasteiger partial charge in [0.15, 0.2) is 0 Å². The highest BCUT2D eigenvalue weighted by Crippen LogP contribution is 2.18. The van der Waals surface area contributed by atoms with E-state index >= 15 is 0 Å². The Morgan fingerprint density at radius 2 is 2.25 bits per heavy atom. The molecule has 0 aliphatic heterocycles. The number of rotatable bonds is 7. The molecule has 1 N–H and O–H groups in total. The molecular formula is C13H20BrNO. The Morgan fingerprint density at radius 3 is 2.94 bits per heavy atom. The van der Waals surface area contributed by atoms with Gasteiger partial charge in [-0.1, -0.05) is 35.8 Å². The summed E-state index contributed by atoms with van der Waals surface area (Å²) in [6.07, 6.45) is 1.08. The molecule has 0 aliphatic carbocycles. The molecule has 0 aliphatic rings. The highest BCUT2D eigenvalue weighted by Gasteiger charge is 2.01. The molecule has 1 atom stereocenters. The van der Waals surface area contributed by atoms with E-state index in [1.165, 1.54) is 0 Å². The van der Waals surface area contributed by atoms with Crippen LogP contribution in [-0.4, -0.2) is 19.7 Å². The Bertz CT molecular complexity index is 304. The lowest BCUT2D eigenvalue weighted by molar-refractivity contribution is 0.281. The van der Waals surface area contributed by atoms with E-state index in [2.05, 4.69) is 35.1 Å². The van der Waals surface area contributed by atoms with Crippen molar-refractivity contribution < 1.29 is 4.74 Å². The van der Waals surface area contributed by atoms with Crippen LogP contribution in [0.1, 0.15) is 20.3 Å². The van der Waals surface area contributed by atoms with E-state index in [1.54, 1.807) is 0 Å². The van der Waals surface area contributed by atoms with Gasteiger partial charge < -0.3 is 10.1 Å². The van der Waals surface area contributed by atoms with Crippen LogP contribution in [0.25, 0.3) is 0 Å². The standard InChI is InChI=1S/C13H20BrNO/c1-3-15-10-11(2)7-8-16-13-6-4-5-12(14)9-13/h4-6,9,11,15H,3,7-8,10H2,1-2H3. The Hall–Kier alpha value is -0.540. The van der Waals surface area contributed by atoms with Crippen LogP contribution in [0.4, 0.5) is 0 Å². The topological polar surface area (TPSA) is 21.3 Å². The minimum absolute atomic E-state index is 0.659. The van der Waals surface area contributed by atoms with Crippen LogP contribution in [-0.2, 0) is 0 Å². The second kappa shape index (κ2) is 7.69. The molecule has 0 fully saturated rings. The van der Waals surface area contributed by atoms with Crippen molar-refractivity contribution in [2.45, 2.75) is 20.3 Å². The number of ether oxygens (including phenoxy) is 1. The summed E-state index contributed by atoms with van der Waals surface area (Å²) < 4.78 is 6.74. The van der Waals surface area contributed by atoms with Crippen LogP contribution >= 0.6 is 15.9 Å². The Labute approximate surface area is 107 Å². The lowest BCUT2D eigenvalue weighted by atomic mass is 10.1. The number of nitrogens with one attached hydrogen (secondary N) is 1. The van der Waals surface area contributed by atoms with E-state index in [0.717, 1.165) is 36.3 Å². The Balaban J connectivity index is 2.20. The molecule has 1 rings (SSSR count). The monoisotopic (exact) mass is 285 g/mol. The molecule has 0 aromatic heterocycles. The number of hydrogen-bond donors (Lipinski definition) is 1. The first-order valence-electron chi connectivity index (χ1n) is 5.81. The third kappa shape index (κ3) is 5.52. The second-order valence-electron chi connectivity index (χ2n) is 4.01. The van der Waals surface area contributed by atoms with E-state index in [1.807, 2.05) is 24.3 Å². The summed E-state index contributed by atoms with van der Waals surface area (Å²) in [6.45, 7) is 7.26. The predicted molar refractivity (Wildman–Crippen MR) is 72.0 cm³/mol. The first-order chi connectivity index (χ1) is 7.72. The van der Waals surface area contributed by atoms with E-state index in [-0.39, 0.29) is 0 Å². The van der Waals surface area contributed by atoms with Crippen LogP contribution in [0.15, 0.2) is 28.7 Å². The molecule has 1 unspecified atom stereocenters. The molecule has 3 heteroatoms. The molecule has 2 nitrogen and oxygen atoms in total. The van der Waals surface area contributed by atoms with Crippen molar-refractivity contribution in [2.24, 2.45) is 5.92 Å². The molecule has 1 aromatic carbocycles. The summed E-state index contributed by atoms with van der Waals surface area (Å²) in [5, 5.41) is 3.34. The maximum atomic E-state index is 5.68. The zero-order valence-electron chi connectivity index (χ0n) is 10.0. The van der Waals surface area contributed by atoms with Crippen LogP contribution < -0.4 is 10.1 Å². The minimum Gasteiger partial charge on any atom is -0.494 e. The molecule has 0 heterocycles. The van der Waals surface area contributed by atoms with Gasteiger partial charge in [0, 0.05) is 4.47 Å². The lowest BCUT2D eigenvalue weighted by Crippen LogP contribution is -2.21. The van der Waals surface area contributed by atoms with Crippen molar-refractivity contribution in [1.82, 2.24) is 5.32 Å². The summed E-state index contributed by atoms with van der Waals surface area (Å²) in [5.41, 5.74) is 0. The fourth-order valence-electron chi connectivity index (χ4n) is 1.43. The van der Waals surface area contributed by atoms with Gasteiger partial charge in [-0.3, -0.25) is 0 Å². The molecule has 0 bridgehead atoms. The first kappa shape index (κ1) is 13.5. The Kier molecular flexibility index (Phi) is 6.50. The molecule has 1 aromatic rings. The minimum atomic E-state index is 0.659. The van der Waals surface area contributed by atoms with Crippen molar-refractivity contribution in [3.8, 4) is 5.75 Å². The summed E-state index contributed by atoms with van der Waals surface area (Å²) in [4.78, 5) is 0. The lowest BCUT2D eigenvalue weighted by Gasteiger charge is -2.12. The van der Waals surface area contributed by atoms with Gasteiger partial charge in [-0.25, -0.2) is 0 Å². The van der Waals surface area contributed by atoms with Crippen LogP contribution in [0, 0.1) is 5.92 Å². The molecule has 16 heavy (non-hydrogen) atoms. The molecule has 0 spiro atoms.